The van der Waals surface area contributed by atoms with Gasteiger partial charge in [-0.3, -0.25) is 4.79 Å². The summed E-state index contributed by atoms with van der Waals surface area (Å²) in [5.41, 5.74) is 2.99. The summed E-state index contributed by atoms with van der Waals surface area (Å²) in [4.78, 5) is 14.1. The highest BCUT2D eigenvalue weighted by Gasteiger charge is 2.26. The minimum Gasteiger partial charge on any atom is -0.396 e. The fourth-order valence-electron chi connectivity index (χ4n) is 2.39. The van der Waals surface area contributed by atoms with Gasteiger partial charge in [0.25, 0.3) is 5.91 Å². The maximum absolute atomic E-state index is 12.3. The Labute approximate surface area is 102 Å². The second kappa shape index (κ2) is 4.88. The van der Waals surface area contributed by atoms with E-state index in [-0.39, 0.29) is 18.4 Å². The number of nitrogens with zero attached hydrogens (tertiary/aromatic N) is 1. The Hall–Kier alpha value is -1.35. The molecule has 1 unspecified atom stereocenters. The van der Waals surface area contributed by atoms with Gasteiger partial charge in [0, 0.05) is 31.2 Å². The van der Waals surface area contributed by atoms with Gasteiger partial charge in [-0.2, -0.15) is 0 Å². The number of likely N-dealkylation sites (tertiary alicyclic amines) is 1. The molecule has 3 nitrogen and oxygen atoms in total. The number of carbonyl (C=O) groups is 1. The molecule has 1 aliphatic heterocycles. The second-order valence-corrected chi connectivity index (χ2v) is 4.91. The zero-order chi connectivity index (χ0) is 12.4. The minimum absolute atomic E-state index is 0.0958. The smallest absolute Gasteiger partial charge is 0.254 e. The molecule has 1 saturated heterocycles. The predicted octanol–water partition coefficient (Wildman–Crippen LogP) is 1.76. The first kappa shape index (κ1) is 12.1. The Bertz CT molecular complexity index is 428. The highest BCUT2D eigenvalue weighted by atomic mass is 16.3. The van der Waals surface area contributed by atoms with Crippen molar-refractivity contribution in [1.29, 1.82) is 0 Å². The van der Waals surface area contributed by atoms with Crippen molar-refractivity contribution in [2.24, 2.45) is 5.92 Å². The van der Waals surface area contributed by atoms with Gasteiger partial charge in [-0.05, 0) is 31.9 Å². The summed E-state index contributed by atoms with van der Waals surface area (Å²) in [7, 11) is 0. The van der Waals surface area contributed by atoms with Crippen LogP contribution in [0.4, 0.5) is 0 Å². The van der Waals surface area contributed by atoms with Crippen molar-refractivity contribution in [3.8, 4) is 0 Å². The molecule has 3 heteroatoms. The first-order valence-electron chi connectivity index (χ1n) is 6.09. The molecule has 1 aromatic carbocycles. The Kier molecular flexibility index (Phi) is 3.48. The average Bonchev–Trinajstić information content (AvgIpc) is 2.76. The van der Waals surface area contributed by atoms with Crippen LogP contribution >= 0.6 is 0 Å². The molecular weight excluding hydrogens is 214 g/mol. The number of amides is 1. The van der Waals surface area contributed by atoms with Gasteiger partial charge in [-0.15, -0.1) is 0 Å². The molecule has 1 N–H and O–H groups in total. The highest BCUT2D eigenvalue weighted by Crippen LogP contribution is 2.20. The molecule has 1 amide bonds. The molecule has 0 saturated carbocycles. The van der Waals surface area contributed by atoms with E-state index in [1.807, 2.05) is 36.9 Å². The standard InChI is InChI=1S/C14H19NO2/c1-10-3-4-13(11(2)7-10)14(17)15-6-5-12(8-15)9-16/h3-4,7,12,16H,5-6,8-9H2,1-2H3. The van der Waals surface area contributed by atoms with Crippen LogP contribution in [-0.2, 0) is 0 Å². The number of benzene rings is 1. The molecule has 0 spiro atoms. The van der Waals surface area contributed by atoms with Gasteiger partial charge in [0.05, 0.1) is 0 Å². The summed E-state index contributed by atoms with van der Waals surface area (Å²) >= 11 is 0. The van der Waals surface area contributed by atoms with E-state index in [9.17, 15) is 4.79 Å². The van der Waals surface area contributed by atoms with Crippen LogP contribution in [0.25, 0.3) is 0 Å². The predicted molar refractivity (Wildman–Crippen MR) is 67.0 cm³/mol. The summed E-state index contributed by atoms with van der Waals surface area (Å²) in [5, 5.41) is 9.09. The summed E-state index contributed by atoms with van der Waals surface area (Å²) in [6.45, 7) is 5.62. The summed E-state index contributed by atoms with van der Waals surface area (Å²) < 4.78 is 0. The molecule has 92 valence electrons. The number of rotatable bonds is 2. The maximum atomic E-state index is 12.3. The molecule has 1 fully saturated rings. The van der Waals surface area contributed by atoms with E-state index in [0.29, 0.717) is 6.54 Å². The van der Waals surface area contributed by atoms with Crippen molar-refractivity contribution in [1.82, 2.24) is 4.90 Å². The number of aliphatic hydroxyl groups excluding tert-OH is 1. The van der Waals surface area contributed by atoms with Gasteiger partial charge >= 0.3 is 0 Å². The first-order chi connectivity index (χ1) is 8.11. The Morgan fingerprint density at radius 2 is 2.24 bits per heavy atom. The topological polar surface area (TPSA) is 40.5 Å². The fourth-order valence-corrected chi connectivity index (χ4v) is 2.39. The Morgan fingerprint density at radius 1 is 1.47 bits per heavy atom. The van der Waals surface area contributed by atoms with Crippen molar-refractivity contribution < 1.29 is 9.90 Å². The normalized spacial score (nSPS) is 19.7. The van der Waals surface area contributed by atoms with Gasteiger partial charge in [0.1, 0.15) is 0 Å². The minimum atomic E-state index is 0.0958. The molecule has 0 aliphatic carbocycles. The molecule has 17 heavy (non-hydrogen) atoms. The SMILES string of the molecule is Cc1ccc(C(=O)N2CCC(CO)C2)c(C)c1. The Balaban J connectivity index is 2.15. The number of aliphatic hydroxyl groups is 1. The monoisotopic (exact) mass is 233 g/mol. The molecule has 1 aromatic rings. The van der Waals surface area contributed by atoms with Crippen LogP contribution in [0.3, 0.4) is 0 Å². The van der Waals surface area contributed by atoms with Crippen LogP contribution in [0.1, 0.15) is 27.9 Å². The van der Waals surface area contributed by atoms with Crippen molar-refractivity contribution in [2.75, 3.05) is 19.7 Å². The lowest BCUT2D eigenvalue weighted by atomic mass is 10.0. The summed E-state index contributed by atoms with van der Waals surface area (Å²) in [6.07, 6.45) is 0.910. The summed E-state index contributed by atoms with van der Waals surface area (Å²) in [6, 6.07) is 5.91. The van der Waals surface area contributed by atoms with E-state index < -0.39 is 0 Å². The highest BCUT2D eigenvalue weighted by molar-refractivity contribution is 5.95. The third kappa shape index (κ3) is 2.50. The number of hydrogen-bond acceptors (Lipinski definition) is 2. The molecule has 1 heterocycles. The van der Waals surface area contributed by atoms with E-state index in [1.54, 1.807) is 0 Å². The van der Waals surface area contributed by atoms with Crippen LogP contribution in [0.2, 0.25) is 0 Å². The molecular formula is C14H19NO2. The number of hydrogen-bond donors (Lipinski definition) is 1. The van der Waals surface area contributed by atoms with Gasteiger partial charge in [-0.25, -0.2) is 0 Å². The lowest BCUT2D eigenvalue weighted by molar-refractivity contribution is 0.0781. The average molecular weight is 233 g/mol. The van der Waals surface area contributed by atoms with Crippen molar-refractivity contribution in [3.63, 3.8) is 0 Å². The maximum Gasteiger partial charge on any atom is 0.254 e. The van der Waals surface area contributed by atoms with Crippen LogP contribution in [0.15, 0.2) is 18.2 Å². The van der Waals surface area contributed by atoms with Gasteiger partial charge in [-0.1, -0.05) is 17.7 Å². The van der Waals surface area contributed by atoms with Crippen LogP contribution in [0.5, 0.6) is 0 Å². The molecule has 0 aromatic heterocycles. The number of aryl methyl sites for hydroxylation is 2. The molecule has 0 radical (unpaired) electrons. The third-order valence-corrected chi connectivity index (χ3v) is 3.44. The lowest BCUT2D eigenvalue weighted by Crippen LogP contribution is -2.29. The fraction of sp³-hybridized carbons (Fsp3) is 0.500. The van der Waals surface area contributed by atoms with Crippen molar-refractivity contribution >= 4 is 5.91 Å². The number of carbonyl (C=O) groups excluding carboxylic acids is 1. The van der Waals surface area contributed by atoms with Gasteiger partial charge in [0.15, 0.2) is 0 Å². The van der Waals surface area contributed by atoms with Crippen molar-refractivity contribution in [3.05, 3.63) is 34.9 Å². The van der Waals surface area contributed by atoms with Crippen LogP contribution < -0.4 is 0 Å². The zero-order valence-corrected chi connectivity index (χ0v) is 10.4. The van der Waals surface area contributed by atoms with Crippen LogP contribution in [-0.4, -0.2) is 35.6 Å². The van der Waals surface area contributed by atoms with E-state index in [1.165, 1.54) is 5.56 Å². The summed E-state index contributed by atoms with van der Waals surface area (Å²) in [5.74, 6) is 0.350. The third-order valence-electron chi connectivity index (χ3n) is 3.44. The van der Waals surface area contributed by atoms with E-state index >= 15 is 0 Å². The van der Waals surface area contributed by atoms with Gasteiger partial charge in [0.2, 0.25) is 0 Å². The molecule has 1 aliphatic rings. The zero-order valence-electron chi connectivity index (χ0n) is 10.4. The van der Waals surface area contributed by atoms with E-state index in [4.69, 9.17) is 5.11 Å². The largest absolute Gasteiger partial charge is 0.396 e. The molecule has 0 bridgehead atoms. The lowest BCUT2D eigenvalue weighted by Gasteiger charge is -2.17. The first-order valence-corrected chi connectivity index (χ1v) is 6.09. The Morgan fingerprint density at radius 3 is 2.82 bits per heavy atom. The van der Waals surface area contributed by atoms with Crippen LogP contribution in [0, 0.1) is 19.8 Å². The molecule has 2 rings (SSSR count). The van der Waals surface area contributed by atoms with E-state index in [0.717, 1.165) is 24.1 Å². The quantitative estimate of drug-likeness (QED) is 0.845. The molecule has 1 atom stereocenters. The van der Waals surface area contributed by atoms with Gasteiger partial charge < -0.3 is 10.0 Å². The second-order valence-electron chi connectivity index (χ2n) is 4.91. The van der Waals surface area contributed by atoms with E-state index in [2.05, 4.69) is 0 Å². The van der Waals surface area contributed by atoms with Crippen molar-refractivity contribution in [2.45, 2.75) is 20.3 Å².